The van der Waals surface area contributed by atoms with Crippen molar-refractivity contribution in [2.45, 2.75) is 70.0 Å². The second-order valence-electron chi connectivity index (χ2n) is 5.96. The molecular formula is C21H32FeS. The van der Waals surface area contributed by atoms with Gasteiger partial charge < -0.3 is 0 Å². The minimum absolute atomic E-state index is 0. The molecule has 0 amide bonds. The van der Waals surface area contributed by atoms with E-state index in [1.54, 1.807) is 0 Å². The molecule has 0 saturated heterocycles. The second kappa shape index (κ2) is 16.4. The van der Waals surface area contributed by atoms with E-state index >= 15 is 0 Å². The van der Waals surface area contributed by atoms with Gasteiger partial charge in [0.25, 0.3) is 0 Å². The molecule has 23 heavy (non-hydrogen) atoms. The van der Waals surface area contributed by atoms with Crippen LogP contribution in [0.1, 0.15) is 75.5 Å². The molecule has 0 radical (unpaired) electrons. The van der Waals surface area contributed by atoms with Gasteiger partial charge in [0.15, 0.2) is 0 Å². The van der Waals surface area contributed by atoms with E-state index in [9.17, 15) is 0 Å². The molecule has 0 bridgehead atoms. The maximum Gasteiger partial charge on any atom is 2.00 e. The Morgan fingerprint density at radius 1 is 0.826 bits per heavy atom. The number of rotatable bonds is 10. The molecule has 1 unspecified atom stereocenters. The third kappa shape index (κ3) is 12.6. The van der Waals surface area contributed by atoms with Gasteiger partial charge >= 0.3 is 17.1 Å². The molecule has 0 nitrogen and oxygen atoms in total. The molecule has 0 heterocycles. The van der Waals surface area contributed by atoms with Crippen LogP contribution in [0.2, 0.25) is 0 Å². The van der Waals surface area contributed by atoms with E-state index in [1.807, 2.05) is 30.3 Å². The molecule has 0 aromatic heterocycles. The Bertz CT molecular complexity index is 388. The van der Waals surface area contributed by atoms with Crippen LogP contribution in [0.15, 0.2) is 54.6 Å². The van der Waals surface area contributed by atoms with Gasteiger partial charge in [-0.1, -0.05) is 58.3 Å². The van der Waals surface area contributed by atoms with Gasteiger partial charge in [0.2, 0.25) is 0 Å². The average molecular weight is 372 g/mol. The number of hydrogen-bond donors (Lipinski definition) is 1. The van der Waals surface area contributed by atoms with Gasteiger partial charge in [0.1, 0.15) is 0 Å². The van der Waals surface area contributed by atoms with Crippen molar-refractivity contribution < 1.29 is 17.1 Å². The molecule has 0 N–H and O–H groups in total. The number of hydrogen-bond acceptors (Lipinski definition) is 1. The van der Waals surface area contributed by atoms with E-state index in [0.717, 1.165) is 0 Å². The second-order valence-corrected chi connectivity index (χ2v) is 6.58. The third-order valence-electron chi connectivity index (χ3n) is 3.96. The van der Waals surface area contributed by atoms with Crippen LogP contribution in [0.3, 0.4) is 0 Å². The number of unbranched alkanes of at least 4 members (excludes halogenated alkanes) is 7. The maximum absolute atomic E-state index is 4.66. The van der Waals surface area contributed by atoms with Crippen LogP contribution >= 0.6 is 12.6 Å². The van der Waals surface area contributed by atoms with Crippen molar-refractivity contribution in [2.24, 2.45) is 0 Å². The molecule has 0 aliphatic carbocycles. The molecule has 0 aliphatic rings. The van der Waals surface area contributed by atoms with Gasteiger partial charge in [-0.2, -0.15) is 43.0 Å². The summed E-state index contributed by atoms with van der Waals surface area (Å²) in [6.45, 7) is 2.27. The van der Waals surface area contributed by atoms with Crippen LogP contribution < -0.4 is 0 Å². The predicted octanol–water partition coefficient (Wildman–Crippen LogP) is 7.31. The molecule has 2 heteroatoms. The molecule has 1 atom stereocenters. The first-order valence-electron chi connectivity index (χ1n) is 8.91. The minimum Gasteiger partial charge on any atom is -0.214 e. The summed E-state index contributed by atoms with van der Waals surface area (Å²) in [7, 11) is 0. The summed E-state index contributed by atoms with van der Waals surface area (Å²) in [5, 5.41) is 0.449. The van der Waals surface area contributed by atoms with Gasteiger partial charge in [-0.15, -0.1) is 5.56 Å². The quantitative estimate of drug-likeness (QED) is 0.192. The smallest absolute Gasteiger partial charge is 0.214 e. The Balaban J connectivity index is 0.000000684. The van der Waals surface area contributed by atoms with E-state index < -0.39 is 0 Å². The standard InChI is InChI=1S/C16H27S.C5H5.Fe/c1-2-3-4-5-6-7-8-9-14-16(17)15-12-10-11-13-15;1-2-4-5-3-1;/h10-13,16-17H,2-9,14H2,1H3;1-5H;/q2*-1;+2. The van der Waals surface area contributed by atoms with Gasteiger partial charge in [0, 0.05) is 0 Å². The molecule has 0 saturated carbocycles. The Hall–Kier alpha value is -0.431. The van der Waals surface area contributed by atoms with E-state index in [2.05, 4.69) is 43.8 Å². The van der Waals surface area contributed by atoms with Crippen molar-refractivity contribution >= 4 is 12.6 Å². The molecule has 2 aromatic carbocycles. The Morgan fingerprint density at radius 2 is 1.35 bits per heavy atom. The maximum atomic E-state index is 4.66. The van der Waals surface area contributed by atoms with Crippen LogP contribution in [-0.2, 0) is 17.1 Å². The molecule has 2 aromatic rings. The summed E-state index contributed by atoms with van der Waals surface area (Å²) < 4.78 is 0. The van der Waals surface area contributed by atoms with Crippen molar-refractivity contribution in [3.05, 3.63) is 60.2 Å². The van der Waals surface area contributed by atoms with Gasteiger partial charge in [-0.25, -0.2) is 24.3 Å². The van der Waals surface area contributed by atoms with Gasteiger partial charge in [-0.05, 0) is 11.7 Å². The van der Waals surface area contributed by atoms with Crippen LogP contribution in [-0.4, -0.2) is 0 Å². The average Bonchev–Trinajstić information content (AvgIpc) is 3.25. The SMILES string of the molecule is CCCCCCCCCCC(S)[c-]1cccc1.[Fe+2].c1cc[cH-]c1. The zero-order valence-corrected chi connectivity index (χ0v) is 16.4. The van der Waals surface area contributed by atoms with Crippen LogP contribution in [0.25, 0.3) is 0 Å². The normalized spacial score (nSPS) is 11.2. The van der Waals surface area contributed by atoms with Crippen molar-refractivity contribution in [3.63, 3.8) is 0 Å². The fourth-order valence-corrected chi connectivity index (χ4v) is 2.92. The first-order valence-corrected chi connectivity index (χ1v) is 9.42. The summed E-state index contributed by atoms with van der Waals surface area (Å²) in [4.78, 5) is 0. The van der Waals surface area contributed by atoms with Crippen molar-refractivity contribution in [2.75, 3.05) is 0 Å². The van der Waals surface area contributed by atoms with E-state index in [0.29, 0.717) is 5.25 Å². The van der Waals surface area contributed by atoms with E-state index in [1.165, 1.54) is 63.4 Å². The van der Waals surface area contributed by atoms with Gasteiger partial charge in [0.05, 0.1) is 0 Å². The monoisotopic (exact) mass is 372 g/mol. The van der Waals surface area contributed by atoms with Crippen LogP contribution in [0.5, 0.6) is 0 Å². The summed E-state index contributed by atoms with van der Waals surface area (Å²) in [5.41, 5.74) is 1.39. The minimum atomic E-state index is 0. The Morgan fingerprint density at radius 3 is 1.83 bits per heavy atom. The first-order chi connectivity index (χ1) is 10.8. The van der Waals surface area contributed by atoms with E-state index in [-0.39, 0.29) is 17.1 Å². The van der Waals surface area contributed by atoms with Crippen molar-refractivity contribution in [3.8, 4) is 0 Å². The largest absolute Gasteiger partial charge is 2.00 e. The van der Waals surface area contributed by atoms with Crippen LogP contribution in [0.4, 0.5) is 0 Å². The third-order valence-corrected chi connectivity index (χ3v) is 4.52. The summed E-state index contributed by atoms with van der Waals surface area (Å²) in [5.74, 6) is 0. The van der Waals surface area contributed by atoms with Crippen molar-refractivity contribution in [1.29, 1.82) is 0 Å². The molecule has 2 rings (SSSR count). The molecule has 130 valence electrons. The van der Waals surface area contributed by atoms with Crippen LogP contribution in [0, 0.1) is 0 Å². The molecule has 0 fully saturated rings. The summed E-state index contributed by atoms with van der Waals surface area (Å²) in [6.07, 6.45) is 12.4. The van der Waals surface area contributed by atoms with Gasteiger partial charge in [-0.3, -0.25) is 0 Å². The summed E-state index contributed by atoms with van der Waals surface area (Å²) in [6, 6.07) is 18.6. The molecule has 0 aliphatic heterocycles. The zero-order valence-electron chi connectivity index (χ0n) is 14.4. The Kier molecular flexibility index (Phi) is 16.1. The predicted molar refractivity (Wildman–Crippen MR) is 103 cm³/mol. The number of thiol groups is 1. The molecule has 0 spiro atoms. The Labute approximate surface area is 159 Å². The topological polar surface area (TPSA) is 0 Å². The zero-order chi connectivity index (χ0) is 15.9. The molecular weight excluding hydrogens is 340 g/mol. The fraction of sp³-hybridized carbons (Fsp3) is 0.524. The fourth-order valence-electron chi connectivity index (χ4n) is 2.57. The van der Waals surface area contributed by atoms with E-state index in [4.69, 9.17) is 0 Å². The van der Waals surface area contributed by atoms with Crippen molar-refractivity contribution in [1.82, 2.24) is 0 Å². The first kappa shape index (κ1) is 22.6. The summed E-state index contributed by atoms with van der Waals surface area (Å²) >= 11 is 4.66.